The average molecular weight is 339 g/mol. The van der Waals surface area contributed by atoms with E-state index in [2.05, 4.69) is 5.32 Å². The maximum atomic E-state index is 12.0. The van der Waals surface area contributed by atoms with Gasteiger partial charge < -0.3 is 20.5 Å². The van der Waals surface area contributed by atoms with Gasteiger partial charge in [0.2, 0.25) is 5.91 Å². The topological polar surface area (TPSA) is 117 Å². The molecule has 0 saturated carbocycles. The van der Waals surface area contributed by atoms with Crippen molar-refractivity contribution in [2.45, 2.75) is 33.2 Å². The molecule has 0 aliphatic heterocycles. The molecule has 1 amide bonds. The second-order valence-electron chi connectivity index (χ2n) is 6.48. The Morgan fingerprint density at radius 2 is 1.83 bits per heavy atom. The second-order valence-corrected chi connectivity index (χ2v) is 6.48. The van der Waals surface area contributed by atoms with Crippen molar-refractivity contribution in [3.8, 4) is 11.5 Å². The van der Waals surface area contributed by atoms with Gasteiger partial charge >= 0.3 is 0 Å². The van der Waals surface area contributed by atoms with Crippen LogP contribution < -0.4 is 20.5 Å². The third-order valence-corrected chi connectivity index (χ3v) is 3.69. The van der Waals surface area contributed by atoms with E-state index in [1.807, 2.05) is 20.8 Å². The zero-order chi connectivity index (χ0) is 18.5. The van der Waals surface area contributed by atoms with E-state index in [-0.39, 0.29) is 35.7 Å². The molecule has 8 heteroatoms. The molecule has 1 aromatic carbocycles. The Morgan fingerprint density at radius 3 is 2.29 bits per heavy atom. The molecule has 0 heterocycles. The van der Waals surface area contributed by atoms with Crippen molar-refractivity contribution >= 4 is 11.6 Å². The van der Waals surface area contributed by atoms with Gasteiger partial charge in [0.25, 0.3) is 5.69 Å². The number of hydrogen-bond donors (Lipinski definition) is 2. The highest BCUT2D eigenvalue weighted by molar-refractivity contribution is 5.82. The molecule has 8 nitrogen and oxygen atoms in total. The molecule has 0 spiro atoms. The van der Waals surface area contributed by atoms with Crippen LogP contribution in [0.15, 0.2) is 12.1 Å². The highest BCUT2D eigenvalue weighted by Gasteiger charge is 2.27. The molecule has 1 atom stereocenters. The minimum absolute atomic E-state index is 0.0815. The molecule has 0 aromatic heterocycles. The van der Waals surface area contributed by atoms with E-state index in [0.29, 0.717) is 11.3 Å². The number of nitrogens with two attached hydrogens (primary N) is 1. The third-order valence-electron chi connectivity index (χ3n) is 3.69. The number of nitro groups is 1. The van der Waals surface area contributed by atoms with Crippen molar-refractivity contribution in [2.75, 3.05) is 20.8 Å². The monoisotopic (exact) mass is 339 g/mol. The highest BCUT2D eigenvalue weighted by Crippen LogP contribution is 2.34. The van der Waals surface area contributed by atoms with Crippen LogP contribution in [0.4, 0.5) is 5.69 Å². The van der Waals surface area contributed by atoms with E-state index < -0.39 is 11.0 Å². The Kier molecular flexibility index (Phi) is 6.53. The Morgan fingerprint density at radius 1 is 1.29 bits per heavy atom. The van der Waals surface area contributed by atoms with Gasteiger partial charge in [0, 0.05) is 12.1 Å². The van der Waals surface area contributed by atoms with E-state index in [1.54, 1.807) is 6.07 Å². The number of amides is 1. The van der Waals surface area contributed by atoms with Gasteiger partial charge in [-0.2, -0.15) is 0 Å². The zero-order valence-electron chi connectivity index (χ0n) is 14.7. The molecule has 0 fully saturated rings. The van der Waals surface area contributed by atoms with Gasteiger partial charge in [-0.15, -0.1) is 0 Å². The Balaban J connectivity index is 2.87. The van der Waals surface area contributed by atoms with Gasteiger partial charge in [0.15, 0.2) is 11.5 Å². The minimum Gasteiger partial charge on any atom is -0.493 e. The fraction of sp³-hybridized carbons (Fsp3) is 0.562. The first-order chi connectivity index (χ1) is 11.1. The number of carbonyl (C=O) groups excluding carboxylic acids is 1. The molecule has 0 aliphatic carbocycles. The number of nitrogens with one attached hydrogen (secondary N) is 1. The number of methoxy groups -OCH3 is 2. The van der Waals surface area contributed by atoms with E-state index in [4.69, 9.17) is 15.2 Å². The van der Waals surface area contributed by atoms with Crippen LogP contribution in [0, 0.1) is 15.5 Å². The molecule has 1 rings (SSSR count). The summed E-state index contributed by atoms with van der Waals surface area (Å²) in [6.07, 6.45) is 0.277. The number of nitrogens with zero attached hydrogens (tertiary/aromatic N) is 1. The van der Waals surface area contributed by atoms with Crippen LogP contribution in [0.1, 0.15) is 26.3 Å². The van der Waals surface area contributed by atoms with Crippen LogP contribution in [-0.2, 0) is 11.2 Å². The van der Waals surface area contributed by atoms with Crippen molar-refractivity contribution in [3.63, 3.8) is 0 Å². The van der Waals surface area contributed by atoms with Gasteiger partial charge in [-0.05, 0) is 17.9 Å². The SMILES string of the molecule is COc1cc(CCNC(=O)[C@@H](N)C(C)(C)C)c([N+](=O)[O-])cc1OC. The first-order valence-corrected chi connectivity index (χ1v) is 7.54. The average Bonchev–Trinajstić information content (AvgIpc) is 2.52. The first-order valence-electron chi connectivity index (χ1n) is 7.54. The number of ether oxygens (including phenoxy) is 2. The normalized spacial score (nSPS) is 12.4. The molecule has 0 radical (unpaired) electrons. The van der Waals surface area contributed by atoms with Crippen LogP contribution in [-0.4, -0.2) is 37.6 Å². The molecule has 1 aromatic rings. The van der Waals surface area contributed by atoms with E-state index in [0.717, 1.165) is 0 Å². The van der Waals surface area contributed by atoms with Crippen LogP contribution >= 0.6 is 0 Å². The van der Waals surface area contributed by atoms with Gasteiger partial charge in [0.05, 0.1) is 31.3 Å². The molecule has 134 valence electrons. The van der Waals surface area contributed by atoms with Gasteiger partial charge in [-0.25, -0.2) is 0 Å². The Hall–Kier alpha value is -2.35. The maximum Gasteiger partial charge on any atom is 0.276 e. The van der Waals surface area contributed by atoms with Gasteiger partial charge in [-0.1, -0.05) is 20.8 Å². The summed E-state index contributed by atoms with van der Waals surface area (Å²) in [6.45, 7) is 5.85. The summed E-state index contributed by atoms with van der Waals surface area (Å²) in [6, 6.07) is 2.21. The molecular formula is C16H25N3O5. The predicted octanol–water partition coefficient (Wildman–Crippen LogP) is 1.64. The summed E-state index contributed by atoms with van der Waals surface area (Å²) >= 11 is 0. The van der Waals surface area contributed by atoms with Crippen molar-refractivity contribution in [2.24, 2.45) is 11.1 Å². The number of hydrogen-bond acceptors (Lipinski definition) is 6. The minimum atomic E-state index is -0.655. The van der Waals surface area contributed by atoms with Gasteiger partial charge in [0.1, 0.15) is 0 Å². The molecule has 0 saturated heterocycles. The van der Waals surface area contributed by atoms with E-state index >= 15 is 0 Å². The summed E-state index contributed by atoms with van der Waals surface area (Å²) in [7, 11) is 2.87. The highest BCUT2D eigenvalue weighted by atomic mass is 16.6. The summed E-state index contributed by atoms with van der Waals surface area (Å²) in [4.78, 5) is 22.7. The van der Waals surface area contributed by atoms with Crippen LogP contribution in [0.25, 0.3) is 0 Å². The van der Waals surface area contributed by atoms with Crippen LogP contribution in [0.2, 0.25) is 0 Å². The standard InChI is InChI=1S/C16H25N3O5/c1-16(2,3)14(17)15(20)18-7-6-10-8-12(23-4)13(24-5)9-11(10)19(21)22/h8-9,14H,6-7,17H2,1-5H3,(H,18,20)/t14-/m1/s1. The van der Waals surface area contributed by atoms with Gasteiger partial charge in [-0.3, -0.25) is 14.9 Å². The fourth-order valence-electron chi connectivity index (χ4n) is 2.10. The third kappa shape index (κ3) is 4.82. The molecule has 0 bridgehead atoms. The lowest BCUT2D eigenvalue weighted by atomic mass is 9.87. The van der Waals surface area contributed by atoms with Crippen molar-refractivity contribution in [3.05, 3.63) is 27.8 Å². The summed E-state index contributed by atoms with van der Waals surface area (Å²) in [5.74, 6) is 0.396. The molecule has 3 N–H and O–H groups in total. The lowest BCUT2D eigenvalue weighted by Gasteiger charge is -2.25. The number of benzene rings is 1. The Bertz CT molecular complexity index is 610. The van der Waals surface area contributed by atoms with Crippen molar-refractivity contribution in [1.82, 2.24) is 5.32 Å². The lowest BCUT2D eigenvalue weighted by Crippen LogP contribution is -2.49. The molecular weight excluding hydrogens is 314 g/mol. The molecule has 0 aliphatic rings. The van der Waals surface area contributed by atoms with Crippen LogP contribution in [0.5, 0.6) is 11.5 Å². The molecule has 24 heavy (non-hydrogen) atoms. The largest absolute Gasteiger partial charge is 0.493 e. The lowest BCUT2D eigenvalue weighted by molar-refractivity contribution is -0.385. The van der Waals surface area contributed by atoms with E-state index in [1.165, 1.54) is 20.3 Å². The summed E-state index contributed by atoms with van der Waals surface area (Å²) in [5, 5.41) is 13.9. The predicted molar refractivity (Wildman–Crippen MR) is 90.3 cm³/mol. The Labute approximate surface area is 141 Å². The number of carbonyl (C=O) groups is 1. The quantitative estimate of drug-likeness (QED) is 0.576. The summed E-state index contributed by atoms with van der Waals surface area (Å²) < 4.78 is 10.2. The van der Waals surface area contributed by atoms with Crippen molar-refractivity contribution < 1.29 is 19.2 Å². The molecule has 0 unspecified atom stereocenters. The summed E-state index contributed by atoms with van der Waals surface area (Å²) in [5.41, 5.74) is 5.88. The fourth-order valence-corrected chi connectivity index (χ4v) is 2.10. The van der Waals surface area contributed by atoms with Crippen LogP contribution in [0.3, 0.4) is 0 Å². The second kappa shape index (κ2) is 7.96. The smallest absolute Gasteiger partial charge is 0.276 e. The van der Waals surface area contributed by atoms with Crippen molar-refractivity contribution in [1.29, 1.82) is 0 Å². The number of rotatable bonds is 7. The first kappa shape index (κ1) is 19.7. The van der Waals surface area contributed by atoms with E-state index in [9.17, 15) is 14.9 Å². The zero-order valence-corrected chi connectivity index (χ0v) is 14.7. The number of nitro benzene ring substituents is 1. The maximum absolute atomic E-state index is 12.0.